The second kappa shape index (κ2) is 2.80. The first-order chi connectivity index (χ1) is 6.48. The monoisotopic (exact) mass is 192 g/mol. The van der Waals surface area contributed by atoms with Gasteiger partial charge in [0.25, 0.3) is 0 Å². The highest BCUT2D eigenvalue weighted by atomic mass is 19.1. The third kappa shape index (κ3) is 1.39. The van der Waals surface area contributed by atoms with E-state index in [2.05, 4.69) is 10.2 Å². The summed E-state index contributed by atoms with van der Waals surface area (Å²) in [6, 6.07) is 3.36. The Hall–Kier alpha value is -1.38. The van der Waals surface area contributed by atoms with Crippen LogP contribution in [0.1, 0.15) is 26.3 Å². The van der Waals surface area contributed by atoms with E-state index < -0.39 is 0 Å². The number of rotatable bonds is 0. The number of benzene rings is 1. The van der Waals surface area contributed by atoms with Crippen molar-refractivity contribution in [1.82, 2.24) is 10.2 Å². The van der Waals surface area contributed by atoms with Crippen molar-refractivity contribution in [3.63, 3.8) is 0 Å². The van der Waals surface area contributed by atoms with Crippen LogP contribution < -0.4 is 0 Å². The Morgan fingerprint density at radius 2 is 2.00 bits per heavy atom. The van der Waals surface area contributed by atoms with Crippen LogP contribution in [0.25, 0.3) is 10.9 Å². The van der Waals surface area contributed by atoms with Crippen LogP contribution in [-0.4, -0.2) is 10.2 Å². The van der Waals surface area contributed by atoms with Gasteiger partial charge in [0.1, 0.15) is 5.82 Å². The number of fused-ring (bicyclic) bond motifs is 1. The molecule has 0 amide bonds. The Morgan fingerprint density at radius 3 is 2.64 bits per heavy atom. The van der Waals surface area contributed by atoms with E-state index in [4.69, 9.17) is 0 Å². The van der Waals surface area contributed by atoms with E-state index in [1.165, 1.54) is 6.07 Å². The predicted octanol–water partition coefficient (Wildman–Crippen LogP) is 3.00. The third-order valence-electron chi connectivity index (χ3n) is 2.34. The van der Waals surface area contributed by atoms with Gasteiger partial charge in [-0.2, -0.15) is 5.10 Å². The van der Waals surface area contributed by atoms with Crippen LogP contribution >= 0.6 is 0 Å². The maximum Gasteiger partial charge on any atom is 0.129 e. The van der Waals surface area contributed by atoms with Crippen molar-refractivity contribution in [2.24, 2.45) is 0 Å². The summed E-state index contributed by atoms with van der Waals surface area (Å²) in [4.78, 5) is 0. The van der Waals surface area contributed by atoms with Gasteiger partial charge in [-0.15, -0.1) is 0 Å². The first-order valence-electron chi connectivity index (χ1n) is 4.61. The first kappa shape index (κ1) is 9.19. The first-order valence-corrected chi connectivity index (χ1v) is 4.61. The number of aromatic amines is 1. The molecule has 3 heteroatoms. The molecule has 0 radical (unpaired) electrons. The second-order valence-electron chi connectivity index (χ2n) is 4.54. The molecule has 0 atom stereocenters. The molecule has 0 aliphatic carbocycles. The fourth-order valence-corrected chi connectivity index (χ4v) is 1.54. The Balaban J connectivity index is 2.71. The summed E-state index contributed by atoms with van der Waals surface area (Å²) in [5, 5.41) is 7.58. The van der Waals surface area contributed by atoms with Crippen LogP contribution in [0.4, 0.5) is 4.39 Å². The predicted molar refractivity (Wildman–Crippen MR) is 54.8 cm³/mol. The highest BCUT2D eigenvalue weighted by Crippen LogP contribution is 2.28. The second-order valence-corrected chi connectivity index (χ2v) is 4.54. The summed E-state index contributed by atoms with van der Waals surface area (Å²) in [5.41, 5.74) is 1.30. The van der Waals surface area contributed by atoms with Crippen molar-refractivity contribution < 1.29 is 4.39 Å². The zero-order valence-corrected chi connectivity index (χ0v) is 8.56. The Morgan fingerprint density at radius 1 is 1.29 bits per heavy atom. The number of nitrogens with zero attached hydrogens (tertiary/aromatic N) is 1. The molecule has 2 rings (SSSR count). The summed E-state index contributed by atoms with van der Waals surface area (Å²) >= 11 is 0. The van der Waals surface area contributed by atoms with Crippen LogP contribution in [-0.2, 0) is 5.41 Å². The third-order valence-corrected chi connectivity index (χ3v) is 2.34. The zero-order chi connectivity index (χ0) is 10.3. The van der Waals surface area contributed by atoms with E-state index in [9.17, 15) is 4.39 Å². The molecule has 0 aliphatic heterocycles. The number of halogens is 1. The average Bonchev–Trinajstić information content (AvgIpc) is 2.47. The quantitative estimate of drug-likeness (QED) is 0.683. The maximum atomic E-state index is 13.6. The van der Waals surface area contributed by atoms with Gasteiger partial charge in [-0.25, -0.2) is 4.39 Å². The van der Waals surface area contributed by atoms with Gasteiger partial charge in [0.05, 0.1) is 11.7 Å². The van der Waals surface area contributed by atoms with Crippen molar-refractivity contribution in [3.05, 3.63) is 29.7 Å². The minimum atomic E-state index is -0.172. The molecule has 1 aromatic heterocycles. The molecule has 0 fully saturated rings. The number of hydrogen-bond acceptors (Lipinski definition) is 1. The Bertz CT molecular complexity index is 466. The van der Waals surface area contributed by atoms with Gasteiger partial charge in [-0.05, 0) is 23.1 Å². The summed E-state index contributed by atoms with van der Waals surface area (Å²) in [7, 11) is 0. The summed E-state index contributed by atoms with van der Waals surface area (Å²) in [6.07, 6.45) is 1.71. The molecule has 0 saturated carbocycles. The Labute approximate surface area is 82.1 Å². The van der Waals surface area contributed by atoms with Crippen LogP contribution in [0.2, 0.25) is 0 Å². The lowest BCUT2D eigenvalue weighted by molar-refractivity contribution is 0.524. The maximum absolute atomic E-state index is 13.6. The lowest BCUT2D eigenvalue weighted by atomic mass is 9.86. The smallest absolute Gasteiger partial charge is 0.129 e. The van der Waals surface area contributed by atoms with E-state index in [0.29, 0.717) is 0 Å². The summed E-state index contributed by atoms with van der Waals surface area (Å²) in [5.74, 6) is -0.172. The molecule has 2 nitrogen and oxygen atoms in total. The molecule has 14 heavy (non-hydrogen) atoms. The molecule has 0 spiro atoms. The molecule has 0 bridgehead atoms. The molecule has 0 unspecified atom stereocenters. The highest BCUT2D eigenvalue weighted by molar-refractivity contribution is 5.79. The van der Waals surface area contributed by atoms with Crippen molar-refractivity contribution in [2.75, 3.05) is 0 Å². The van der Waals surface area contributed by atoms with Crippen LogP contribution in [0.5, 0.6) is 0 Å². The van der Waals surface area contributed by atoms with Crippen molar-refractivity contribution >= 4 is 10.9 Å². The Kier molecular flexibility index (Phi) is 1.84. The van der Waals surface area contributed by atoms with Gasteiger partial charge in [0.15, 0.2) is 0 Å². The van der Waals surface area contributed by atoms with Crippen molar-refractivity contribution in [2.45, 2.75) is 26.2 Å². The molecule has 1 aromatic carbocycles. The minimum absolute atomic E-state index is 0.171. The minimum Gasteiger partial charge on any atom is -0.278 e. The van der Waals surface area contributed by atoms with Crippen molar-refractivity contribution in [3.8, 4) is 0 Å². The van der Waals surface area contributed by atoms with E-state index in [0.717, 1.165) is 16.5 Å². The zero-order valence-electron chi connectivity index (χ0n) is 8.56. The molecular formula is C11H13FN2. The van der Waals surface area contributed by atoms with Gasteiger partial charge in [-0.3, -0.25) is 5.10 Å². The van der Waals surface area contributed by atoms with Crippen LogP contribution in [0, 0.1) is 5.82 Å². The summed E-state index contributed by atoms with van der Waals surface area (Å²) in [6.45, 7) is 5.99. The molecular weight excluding hydrogens is 179 g/mol. The van der Waals surface area contributed by atoms with Gasteiger partial charge in [0.2, 0.25) is 0 Å². The van der Waals surface area contributed by atoms with E-state index in [1.807, 2.05) is 26.8 Å². The van der Waals surface area contributed by atoms with E-state index in [-0.39, 0.29) is 11.2 Å². The van der Waals surface area contributed by atoms with Gasteiger partial charge in [0, 0.05) is 5.39 Å². The molecule has 1 N–H and O–H groups in total. The van der Waals surface area contributed by atoms with Gasteiger partial charge in [-0.1, -0.05) is 20.8 Å². The lowest BCUT2D eigenvalue weighted by Gasteiger charge is -2.19. The highest BCUT2D eigenvalue weighted by Gasteiger charge is 2.19. The van der Waals surface area contributed by atoms with Crippen LogP contribution in [0.3, 0.4) is 0 Å². The summed E-state index contributed by atoms with van der Waals surface area (Å²) < 4.78 is 13.6. The molecule has 1 heterocycles. The molecule has 2 aromatic rings. The topological polar surface area (TPSA) is 28.7 Å². The van der Waals surface area contributed by atoms with Crippen LogP contribution in [0.15, 0.2) is 18.3 Å². The fourth-order valence-electron chi connectivity index (χ4n) is 1.54. The normalized spacial score (nSPS) is 12.3. The van der Waals surface area contributed by atoms with Gasteiger partial charge < -0.3 is 0 Å². The molecule has 0 aliphatic rings. The van der Waals surface area contributed by atoms with E-state index in [1.54, 1.807) is 6.20 Å². The van der Waals surface area contributed by atoms with Gasteiger partial charge >= 0.3 is 0 Å². The number of hydrogen-bond donors (Lipinski definition) is 1. The average molecular weight is 192 g/mol. The van der Waals surface area contributed by atoms with E-state index >= 15 is 0 Å². The molecule has 0 saturated heterocycles. The number of aromatic nitrogens is 2. The standard InChI is InChI=1S/C11H13FN2/c1-11(2,3)8-4-7-6-13-14-10(7)5-9(8)12/h4-6H,1-3H3,(H,13,14). The van der Waals surface area contributed by atoms with Crippen molar-refractivity contribution in [1.29, 1.82) is 0 Å². The lowest BCUT2D eigenvalue weighted by Crippen LogP contribution is -2.13. The number of nitrogens with one attached hydrogen (secondary N) is 1. The largest absolute Gasteiger partial charge is 0.278 e. The molecule has 74 valence electrons. The SMILES string of the molecule is CC(C)(C)c1cc2cn[nH]c2cc1F. The fraction of sp³-hybridized carbons (Fsp3) is 0.364. The number of H-pyrrole nitrogens is 1.